The van der Waals surface area contributed by atoms with Crippen LogP contribution < -0.4 is 14.4 Å². The third kappa shape index (κ3) is 7.16. The van der Waals surface area contributed by atoms with E-state index in [1.807, 2.05) is 43.3 Å². The standard InChI is InChI=1S/C33H42N2O7S/c1-24-5-12-29(13-6-24)43(37,38)35-21-33(30(20-27(35)22-36)26-8-10-28(40-3)11-9-26)42-23-25-7-14-32-31(19-25)34(16-18-41-32)15-4-17-39-2/h5-14,19,27,30,33,36H,4,15-18,20-23H2,1-3H3/t27-,30+,33-/m0/s1. The number of benzene rings is 3. The zero-order chi connectivity index (χ0) is 30.4. The molecule has 232 valence electrons. The molecule has 2 aliphatic rings. The Morgan fingerprint density at radius 2 is 1.79 bits per heavy atom. The van der Waals surface area contributed by atoms with E-state index in [0.29, 0.717) is 26.2 Å². The molecule has 5 rings (SSSR count). The highest BCUT2D eigenvalue weighted by molar-refractivity contribution is 7.89. The van der Waals surface area contributed by atoms with Crippen LogP contribution in [0.4, 0.5) is 5.69 Å². The summed E-state index contributed by atoms with van der Waals surface area (Å²) in [7, 11) is -0.527. The van der Waals surface area contributed by atoms with Crippen LogP contribution in [0.1, 0.15) is 35.4 Å². The highest BCUT2D eigenvalue weighted by Gasteiger charge is 2.42. The SMILES string of the molecule is COCCCN1CCOc2ccc(CO[C@H]3CN(S(=O)(=O)c4ccc(C)cc4)[C@H](CO)C[C@@H]3c3ccc(OC)cc3)cc21. The highest BCUT2D eigenvalue weighted by atomic mass is 32.2. The van der Waals surface area contributed by atoms with Gasteiger partial charge in [0.2, 0.25) is 10.0 Å². The number of methoxy groups -OCH3 is 2. The second-order valence-corrected chi connectivity index (χ2v) is 13.1. The van der Waals surface area contributed by atoms with E-state index in [0.717, 1.165) is 53.4 Å². The van der Waals surface area contributed by atoms with Crippen LogP contribution in [-0.2, 0) is 26.1 Å². The molecule has 1 saturated heterocycles. The van der Waals surface area contributed by atoms with Crippen molar-refractivity contribution in [2.24, 2.45) is 0 Å². The Kier molecular flexibility index (Phi) is 10.2. The Hall–Kier alpha value is -3.15. The van der Waals surface area contributed by atoms with Crippen LogP contribution in [0.5, 0.6) is 11.5 Å². The lowest BCUT2D eigenvalue weighted by Gasteiger charge is -2.42. The molecule has 3 atom stereocenters. The van der Waals surface area contributed by atoms with Gasteiger partial charge in [-0.3, -0.25) is 0 Å². The number of anilines is 1. The summed E-state index contributed by atoms with van der Waals surface area (Å²) in [5, 5.41) is 10.4. The first-order valence-electron chi connectivity index (χ1n) is 14.8. The molecule has 10 heteroatoms. The summed E-state index contributed by atoms with van der Waals surface area (Å²) in [6, 6.07) is 20.1. The number of fused-ring (bicyclic) bond motifs is 1. The zero-order valence-corrected chi connectivity index (χ0v) is 26.0. The molecule has 0 radical (unpaired) electrons. The maximum Gasteiger partial charge on any atom is 0.243 e. The Bertz CT molecular complexity index is 1450. The zero-order valence-electron chi connectivity index (χ0n) is 25.1. The van der Waals surface area contributed by atoms with Crippen LogP contribution in [0, 0.1) is 6.92 Å². The fourth-order valence-electron chi connectivity index (χ4n) is 5.94. The molecule has 2 heterocycles. The fraction of sp³-hybridized carbons (Fsp3) is 0.455. The third-order valence-electron chi connectivity index (χ3n) is 8.35. The van der Waals surface area contributed by atoms with Gasteiger partial charge in [-0.1, -0.05) is 35.9 Å². The van der Waals surface area contributed by atoms with E-state index in [1.54, 1.807) is 38.5 Å². The van der Waals surface area contributed by atoms with Crippen LogP contribution in [-0.4, -0.2) is 83.6 Å². The molecule has 1 fully saturated rings. The number of piperidine rings is 1. The van der Waals surface area contributed by atoms with Gasteiger partial charge in [0.25, 0.3) is 0 Å². The monoisotopic (exact) mass is 610 g/mol. The van der Waals surface area contributed by atoms with Gasteiger partial charge in [0.05, 0.1) is 43.6 Å². The number of nitrogens with zero attached hydrogens (tertiary/aromatic N) is 2. The average Bonchev–Trinajstić information content (AvgIpc) is 3.03. The van der Waals surface area contributed by atoms with E-state index in [-0.39, 0.29) is 24.0 Å². The summed E-state index contributed by atoms with van der Waals surface area (Å²) in [5.74, 6) is 1.46. The van der Waals surface area contributed by atoms with Gasteiger partial charge in [-0.2, -0.15) is 4.31 Å². The molecule has 0 saturated carbocycles. The molecule has 0 spiro atoms. The first-order valence-corrected chi connectivity index (χ1v) is 16.2. The van der Waals surface area contributed by atoms with Crippen molar-refractivity contribution in [2.75, 3.05) is 58.6 Å². The van der Waals surface area contributed by atoms with Crippen molar-refractivity contribution in [3.63, 3.8) is 0 Å². The molecule has 2 aliphatic heterocycles. The molecule has 0 aromatic heterocycles. The van der Waals surface area contributed by atoms with E-state index in [2.05, 4.69) is 11.0 Å². The summed E-state index contributed by atoms with van der Waals surface area (Å²) in [6.45, 7) is 5.06. The minimum absolute atomic E-state index is 0.120. The Balaban J connectivity index is 1.41. The van der Waals surface area contributed by atoms with E-state index in [1.165, 1.54) is 4.31 Å². The molecule has 3 aromatic rings. The molecular formula is C33H42N2O7S. The second-order valence-electron chi connectivity index (χ2n) is 11.2. The first kappa shape index (κ1) is 31.3. The lowest BCUT2D eigenvalue weighted by atomic mass is 9.84. The lowest BCUT2D eigenvalue weighted by molar-refractivity contribution is -0.0268. The van der Waals surface area contributed by atoms with Gasteiger partial charge < -0.3 is 29.0 Å². The predicted molar refractivity (Wildman–Crippen MR) is 166 cm³/mol. The van der Waals surface area contributed by atoms with E-state index < -0.39 is 22.2 Å². The van der Waals surface area contributed by atoms with Gasteiger partial charge in [-0.05, 0) is 67.3 Å². The smallest absolute Gasteiger partial charge is 0.243 e. The molecule has 0 bridgehead atoms. The summed E-state index contributed by atoms with van der Waals surface area (Å²) in [5.41, 5.74) is 4.00. The number of ether oxygens (including phenoxy) is 4. The van der Waals surface area contributed by atoms with Crippen LogP contribution in [0.15, 0.2) is 71.6 Å². The number of aliphatic hydroxyl groups is 1. The molecule has 3 aromatic carbocycles. The Morgan fingerprint density at radius 1 is 1.02 bits per heavy atom. The van der Waals surface area contributed by atoms with Gasteiger partial charge in [-0.25, -0.2) is 8.42 Å². The fourth-order valence-corrected chi connectivity index (χ4v) is 7.58. The lowest BCUT2D eigenvalue weighted by Crippen LogP contribution is -2.53. The second kappa shape index (κ2) is 14.1. The quantitative estimate of drug-likeness (QED) is 0.302. The largest absolute Gasteiger partial charge is 0.497 e. The van der Waals surface area contributed by atoms with E-state index in [9.17, 15) is 13.5 Å². The predicted octanol–water partition coefficient (Wildman–Crippen LogP) is 4.36. The van der Waals surface area contributed by atoms with E-state index >= 15 is 0 Å². The maximum absolute atomic E-state index is 13.8. The van der Waals surface area contributed by atoms with Crippen molar-refractivity contribution in [2.45, 2.75) is 49.3 Å². The van der Waals surface area contributed by atoms with E-state index in [4.69, 9.17) is 18.9 Å². The van der Waals surface area contributed by atoms with Crippen LogP contribution in [0.25, 0.3) is 0 Å². The third-order valence-corrected chi connectivity index (χ3v) is 10.3. The average molecular weight is 611 g/mol. The summed E-state index contributed by atoms with van der Waals surface area (Å²) >= 11 is 0. The summed E-state index contributed by atoms with van der Waals surface area (Å²) < 4.78 is 52.2. The molecule has 43 heavy (non-hydrogen) atoms. The number of aryl methyl sites for hydroxylation is 1. The number of hydrogen-bond acceptors (Lipinski definition) is 8. The number of aliphatic hydroxyl groups excluding tert-OH is 1. The summed E-state index contributed by atoms with van der Waals surface area (Å²) in [6.07, 6.45) is 0.894. The molecule has 9 nitrogen and oxygen atoms in total. The highest BCUT2D eigenvalue weighted by Crippen LogP contribution is 2.38. The van der Waals surface area contributed by atoms with Gasteiger partial charge in [0.1, 0.15) is 18.1 Å². The minimum Gasteiger partial charge on any atom is -0.497 e. The molecule has 0 aliphatic carbocycles. The maximum atomic E-state index is 13.8. The first-order chi connectivity index (χ1) is 20.8. The number of rotatable bonds is 12. The Morgan fingerprint density at radius 3 is 2.49 bits per heavy atom. The van der Waals surface area contributed by atoms with Gasteiger partial charge in [0.15, 0.2) is 0 Å². The topological polar surface area (TPSA) is 97.8 Å². The van der Waals surface area contributed by atoms with Crippen molar-refractivity contribution >= 4 is 15.7 Å². The minimum atomic E-state index is -3.86. The van der Waals surface area contributed by atoms with Crippen LogP contribution in [0.3, 0.4) is 0 Å². The molecule has 0 unspecified atom stereocenters. The van der Waals surface area contributed by atoms with Gasteiger partial charge in [-0.15, -0.1) is 0 Å². The molecule has 0 amide bonds. The van der Waals surface area contributed by atoms with Gasteiger partial charge in [0, 0.05) is 38.8 Å². The van der Waals surface area contributed by atoms with Crippen molar-refractivity contribution in [3.8, 4) is 11.5 Å². The van der Waals surface area contributed by atoms with Crippen molar-refractivity contribution in [1.82, 2.24) is 4.31 Å². The molecular weight excluding hydrogens is 568 g/mol. The summed E-state index contributed by atoms with van der Waals surface area (Å²) in [4.78, 5) is 2.52. The van der Waals surface area contributed by atoms with Crippen molar-refractivity contribution in [1.29, 1.82) is 0 Å². The Labute approximate surface area is 255 Å². The van der Waals surface area contributed by atoms with Crippen LogP contribution in [0.2, 0.25) is 0 Å². The van der Waals surface area contributed by atoms with Crippen LogP contribution >= 0.6 is 0 Å². The normalized spacial score (nSPS) is 20.8. The van der Waals surface area contributed by atoms with Gasteiger partial charge >= 0.3 is 0 Å². The molecule has 1 N–H and O–H groups in total. The number of hydrogen-bond donors (Lipinski definition) is 1. The van der Waals surface area contributed by atoms with Crippen molar-refractivity contribution < 1.29 is 32.5 Å². The number of sulfonamides is 1. The van der Waals surface area contributed by atoms with Crippen molar-refractivity contribution in [3.05, 3.63) is 83.4 Å².